The highest BCUT2D eigenvalue weighted by Crippen LogP contribution is 2.20. The number of nitrogens with two attached hydrogens (primary N) is 1. The predicted octanol–water partition coefficient (Wildman–Crippen LogP) is 4.38. The molecule has 0 aromatic heterocycles. The Labute approximate surface area is 240 Å². The Kier molecular flexibility index (Phi) is 9.81. The summed E-state index contributed by atoms with van der Waals surface area (Å²) in [5.74, 6) is -2.20. The summed E-state index contributed by atoms with van der Waals surface area (Å²) in [6.45, 7) is 1.73. The van der Waals surface area contributed by atoms with E-state index in [9.17, 15) is 9.59 Å². The fourth-order valence-electron chi connectivity index (χ4n) is 4.91. The predicted molar refractivity (Wildman–Crippen MR) is 164 cm³/mol. The molecule has 41 heavy (non-hydrogen) atoms. The molecule has 0 saturated heterocycles. The molecule has 0 unspecified atom stereocenters. The summed E-state index contributed by atoms with van der Waals surface area (Å²) in [6, 6.07) is 26.8. The van der Waals surface area contributed by atoms with E-state index in [1.54, 1.807) is 14.0 Å². The monoisotopic (exact) mass is 553 g/mol. The number of fused-ring (bicyclic) bond motifs is 2. The Morgan fingerprint density at radius 2 is 1.49 bits per heavy atom. The third kappa shape index (κ3) is 7.55. The highest BCUT2D eigenvalue weighted by atomic mass is 16.5. The molecule has 0 heterocycles. The molecule has 0 aliphatic heterocycles. The number of nitrogens with one attached hydrogen (secondary N) is 1. The number of carbonyl (C=O) groups excluding carboxylic acids is 2. The van der Waals surface area contributed by atoms with Gasteiger partial charge in [0.05, 0.1) is 12.6 Å². The van der Waals surface area contributed by atoms with Crippen molar-refractivity contribution in [1.29, 1.82) is 5.41 Å². The minimum Gasteiger partial charge on any atom is -0.580 e. The largest absolute Gasteiger partial charge is 0.580 e. The first-order valence-electron chi connectivity index (χ1n) is 13.8. The van der Waals surface area contributed by atoms with Gasteiger partial charge in [0.2, 0.25) is 11.7 Å². The van der Waals surface area contributed by atoms with Crippen LogP contribution in [0.15, 0.2) is 89.9 Å². The fourth-order valence-corrected chi connectivity index (χ4v) is 4.91. The van der Waals surface area contributed by atoms with Gasteiger partial charge in [-0.1, -0.05) is 84.9 Å². The number of hydrogen-bond acceptors (Lipinski definition) is 5. The van der Waals surface area contributed by atoms with Gasteiger partial charge in [0, 0.05) is 13.5 Å². The second-order valence-corrected chi connectivity index (χ2v) is 10.1. The average molecular weight is 554 g/mol. The molecule has 0 radical (unpaired) electrons. The quantitative estimate of drug-likeness (QED) is 0.131. The first-order valence-corrected chi connectivity index (χ1v) is 13.8. The number of aliphatic imine (C=N–C) groups is 1. The van der Waals surface area contributed by atoms with E-state index >= 15 is 0 Å². The van der Waals surface area contributed by atoms with Crippen molar-refractivity contribution < 1.29 is 19.4 Å². The minimum atomic E-state index is -0.916. The number of amidine groups is 1. The van der Waals surface area contributed by atoms with Crippen LogP contribution in [0.3, 0.4) is 0 Å². The van der Waals surface area contributed by atoms with Gasteiger partial charge in [-0.3, -0.25) is 10.2 Å². The number of aryl methyl sites for hydroxylation is 1. The topological polar surface area (TPSA) is 132 Å². The van der Waals surface area contributed by atoms with E-state index in [0.29, 0.717) is 6.42 Å². The Balaban J connectivity index is 1.48. The number of ether oxygens (including phenoxy) is 1. The van der Waals surface area contributed by atoms with Gasteiger partial charge in [-0.25, -0.2) is 4.79 Å². The van der Waals surface area contributed by atoms with Crippen LogP contribution in [-0.4, -0.2) is 59.4 Å². The van der Waals surface area contributed by atoms with Crippen LogP contribution in [0.25, 0.3) is 21.5 Å². The van der Waals surface area contributed by atoms with E-state index in [2.05, 4.69) is 35.3 Å². The molecule has 0 fully saturated rings. The maximum Gasteiger partial charge on any atom is 0.376 e. The van der Waals surface area contributed by atoms with Crippen LogP contribution in [0.2, 0.25) is 0 Å². The molecule has 1 amide bonds. The van der Waals surface area contributed by atoms with Gasteiger partial charge in [0.1, 0.15) is 0 Å². The summed E-state index contributed by atoms with van der Waals surface area (Å²) >= 11 is 0. The van der Waals surface area contributed by atoms with Crippen molar-refractivity contribution in [3.63, 3.8) is 0 Å². The Morgan fingerprint density at radius 3 is 2.10 bits per heavy atom. The van der Waals surface area contributed by atoms with Crippen LogP contribution in [0.1, 0.15) is 30.9 Å². The van der Waals surface area contributed by atoms with Crippen LogP contribution in [0.5, 0.6) is 0 Å². The van der Waals surface area contributed by atoms with Crippen LogP contribution < -0.4 is 5.73 Å². The minimum absolute atomic E-state index is 0.0943. The van der Waals surface area contributed by atoms with Gasteiger partial charge < -0.3 is 20.5 Å². The zero-order valence-corrected chi connectivity index (χ0v) is 23.5. The third-order valence-corrected chi connectivity index (χ3v) is 7.19. The molecule has 212 valence electrons. The molecule has 8 heteroatoms. The van der Waals surface area contributed by atoms with Crippen LogP contribution >= 0.6 is 0 Å². The Bertz CT molecular complexity index is 1580. The number of hydrogen-bond donors (Lipinski definition) is 2. The van der Waals surface area contributed by atoms with Crippen molar-refractivity contribution in [3.8, 4) is 0 Å². The van der Waals surface area contributed by atoms with Crippen LogP contribution in [-0.2, 0) is 27.2 Å². The molecule has 0 spiro atoms. The fraction of sp³-hybridized carbons (Fsp3) is 0.273. The highest BCUT2D eigenvalue weighted by molar-refractivity contribution is 6.36. The van der Waals surface area contributed by atoms with Gasteiger partial charge in [0.25, 0.3) is 0 Å². The van der Waals surface area contributed by atoms with E-state index in [0.717, 1.165) is 29.2 Å². The van der Waals surface area contributed by atoms with Crippen molar-refractivity contribution in [3.05, 3.63) is 96.1 Å². The normalized spacial score (nSPS) is 13.1. The lowest BCUT2D eigenvalue weighted by Gasteiger charge is -2.27. The SMILES string of the molecule is CCOC(=O)C(=N)N=C([OH2+])[C@@H](Cc1ccc2ccccc2c1)N(C)C(=O)[C@H](N)CCCc1ccc2ccccc2c1. The zero-order chi connectivity index (χ0) is 29.4. The molecule has 0 aliphatic carbocycles. The molecule has 0 saturated carbocycles. The summed E-state index contributed by atoms with van der Waals surface area (Å²) in [7, 11) is 1.59. The lowest BCUT2D eigenvalue weighted by Crippen LogP contribution is -2.50. The van der Waals surface area contributed by atoms with Gasteiger partial charge in [-0.05, 0) is 58.9 Å². The maximum absolute atomic E-state index is 13.4. The number of amides is 1. The van der Waals surface area contributed by atoms with E-state index in [4.69, 9.17) is 21.0 Å². The lowest BCUT2D eigenvalue weighted by molar-refractivity contribution is -0.135. The average Bonchev–Trinajstić information content (AvgIpc) is 2.98. The maximum atomic E-state index is 13.4. The lowest BCUT2D eigenvalue weighted by atomic mass is 9.99. The van der Waals surface area contributed by atoms with Crippen LogP contribution in [0.4, 0.5) is 0 Å². The summed E-state index contributed by atoms with van der Waals surface area (Å²) < 4.78 is 4.85. The number of carbonyl (C=O) groups is 2. The third-order valence-electron chi connectivity index (χ3n) is 7.19. The molecule has 4 aromatic rings. The molecule has 0 aliphatic rings. The first-order chi connectivity index (χ1) is 19.8. The number of likely N-dealkylation sites (N-methyl/N-ethyl adjacent to an activating group) is 1. The molecule has 0 bridgehead atoms. The molecule has 4 rings (SSSR count). The van der Waals surface area contributed by atoms with E-state index < -0.39 is 23.9 Å². The second kappa shape index (κ2) is 13.7. The van der Waals surface area contributed by atoms with Crippen molar-refractivity contribution in [1.82, 2.24) is 4.90 Å². The van der Waals surface area contributed by atoms with Gasteiger partial charge >= 0.3 is 11.9 Å². The van der Waals surface area contributed by atoms with Gasteiger partial charge in [0.15, 0.2) is 6.04 Å². The van der Waals surface area contributed by atoms with Crippen molar-refractivity contribution in [2.75, 3.05) is 13.7 Å². The van der Waals surface area contributed by atoms with Gasteiger partial charge in [-0.2, -0.15) is 0 Å². The smallest absolute Gasteiger partial charge is 0.376 e. The van der Waals surface area contributed by atoms with E-state index in [1.807, 2.05) is 54.6 Å². The number of rotatable bonds is 10. The van der Waals surface area contributed by atoms with Crippen molar-refractivity contribution in [2.45, 2.75) is 44.7 Å². The molecule has 8 nitrogen and oxygen atoms in total. The van der Waals surface area contributed by atoms with E-state index in [-0.39, 0.29) is 24.8 Å². The second-order valence-electron chi connectivity index (χ2n) is 10.1. The molecular formula is C33H37N4O4+. The Morgan fingerprint density at radius 1 is 0.927 bits per heavy atom. The number of esters is 1. The zero-order valence-electron chi connectivity index (χ0n) is 23.5. The summed E-state index contributed by atoms with van der Waals surface area (Å²) in [4.78, 5) is 30.8. The van der Waals surface area contributed by atoms with Crippen molar-refractivity contribution >= 4 is 45.2 Å². The summed E-state index contributed by atoms with van der Waals surface area (Å²) in [5.41, 5.74) is 8.43. The standard InChI is InChI=1S/C33H36N4O4/c1-3-41-33(40)30(35)36-31(38)29(21-23-16-18-25-11-5-7-13-27(25)20-23)37(2)32(39)28(34)14-8-9-22-15-17-24-10-4-6-12-26(24)19-22/h4-7,10-13,15-20,28-29H,3,8-9,14,21,34H2,1-2H3,(H2,35,36,38)/p+1/t28-,29-/m1/s1. The van der Waals surface area contributed by atoms with Crippen molar-refractivity contribution in [2.24, 2.45) is 10.7 Å². The Hall–Kier alpha value is -4.56. The van der Waals surface area contributed by atoms with E-state index in [1.165, 1.54) is 21.2 Å². The molecular weight excluding hydrogens is 516 g/mol. The highest BCUT2D eigenvalue weighted by Gasteiger charge is 2.32. The molecule has 4 aromatic carbocycles. The molecule has 5 N–H and O–H groups in total. The molecule has 2 atom stereocenters. The van der Waals surface area contributed by atoms with Crippen LogP contribution in [0, 0.1) is 5.41 Å². The number of nitrogens with zero attached hydrogens (tertiary/aromatic N) is 2. The number of benzene rings is 4. The first kappa shape index (κ1) is 29.4. The summed E-state index contributed by atoms with van der Waals surface area (Å²) in [6.07, 6.45) is 2.26. The summed E-state index contributed by atoms with van der Waals surface area (Å²) in [5, 5.41) is 21.1. The van der Waals surface area contributed by atoms with Gasteiger partial charge in [-0.15, -0.1) is 4.99 Å².